The van der Waals surface area contributed by atoms with Crippen molar-refractivity contribution < 1.29 is 0 Å². The summed E-state index contributed by atoms with van der Waals surface area (Å²) in [7, 11) is 1.99. The molecule has 0 rings (SSSR count). The highest BCUT2D eigenvalue weighted by molar-refractivity contribution is 4.79. The molecule has 0 aliphatic carbocycles. The number of hydrogen-bond acceptors (Lipinski definition) is 1. The molecule has 1 nitrogen and oxygen atoms in total. The predicted octanol–water partition coefficient (Wildman–Crippen LogP) is 1.81. The number of rotatable bonds is 4. The molecule has 0 aliphatic rings. The van der Waals surface area contributed by atoms with Crippen molar-refractivity contribution in [2.75, 3.05) is 13.6 Å². The number of hydrogen-bond donors (Lipinski definition) is 1. The van der Waals surface area contributed by atoms with Crippen LogP contribution in [0.5, 0.6) is 0 Å². The molecule has 0 saturated heterocycles. The molecule has 9 heavy (non-hydrogen) atoms. The van der Waals surface area contributed by atoms with Crippen molar-refractivity contribution in [3.63, 3.8) is 0 Å². The molecule has 1 heteroatoms. The zero-order valence-corrected chi connectivity index (χ0v) is 6.65. The molecular weight excluding hydrogens is 110 g/mol. The SMILES string of the molecule is C/C=C\C[C@H](C)CNC. The molecule has 0 bridgehead atoms. The van der Waals surface area contributed by atoms with Gasteiger partial charge in [-0.3, -0.25) is 0 Å². The minimum absolute atomic E-state index is 0.770. The summed E-state index contributed by atoms with van der Waals surface area (Å²) in [4.78, 5) is 0. The second-order valence-electron chi connectivity index (χ2n) is 2.47. The standard InChI is InChI=1S/C8H17N/c1-4-5-6-8(2)7-9-3/h4-5,8-9H,6-7H2,1-3H3/b5-4-/t8-/m0/s1. The van der Waals surface area contributed by atoms with Gasteiger partial charge in [0, 0.05) is 0 Å². The maximum absolute atomic E-state index is 3.14. The third kappa shape index (κ3) is 5.57. The van der Waals surface area contributed by atoms with Crippen LogP contribution in [0.1, 0.15) is 20.3 Å². The smallest absolute Gasteiger partial charge is 0.00232 e. The van der Waals surface area contributed by atoms with Crippen LogP contribution >= 0.6 is 0 Å². The molecule has 0 aromatic heterocycles. The van der Waals surface area contributed by atoms with Crippen LogP contribution in [0.15, 0.2) is 12.2 Å². The first-order valence-corrected chi connectivity index (χ1v) is 3.57. The summed E-state index contributed by atoms with van der Waals surface area (Å²) in [5.41, 5.74) is 0. The molecule has 0 unspecified atom stereocenters. The Kier molecular flexibility index (Phi) is 5.64. The van der Waals surface area contributed by atoms with E-state index in [-0.39, 0.29) is 0 Å². The molecule has 0 aliphatic heterocycles. The molecule has 0 aromatic carbocycles. The fourth-order valence-corrected chi connectivity index (χ4v) is 0.800. The second kappa shape index (κ2) is 5.83. The Morgan fingerprint density at radius 1 is 1.56 bits per heavy atom. The van der Waals surface area contributed by atoms with Gasteiger partial charge in [0.25, 0.3) is 0 Å². The Morgan fingerprint density at radius 3 is 2.67 bits per heavy atom. The van der Waals surface area contributed by atoms with E-state index in [1.54, 1.807) is 0 Å². The van der Waals surface area contributed by atoms with E-state index in [0.717, 1.165) is 12.5 Å². The summed E-state index contributed by atoms with van der Waals surface area (Å²) in [5.74, 6) is 0.770. The van der Waals surface area contributed by atoms with Gasteiger partial charge >= 0.3 is 0 Å². The van der Waals surface area contributed by atoms with Crippen molar-refractivity contribution in [2.45, 2.75) is 20.3 Å². The maximum atomic E-state index is 3.14. The first kappa shape index (κ1) is 8.70. The molecule has 0 saturated carbocycles. The Bertz CT molecular complexity index is 76.6. The van der Waals surface area contributed by atoms with E-state index in [0.29, 0.717) is 0 Å². The first-order chi connectivity index (χ1) is 4.31. The molecule has 0 fully saturated rings. The molecule has 0 heterocycles. The average Bonchev–Trinajstić information content (AvgIpc) is 1.85. The Morgan fingerprint density at radius 2 is 2.22 bits per heavy atom. The molecule has 1 N–H and O–H groups in total. The molecular formula is C8H17N. The van der Waals surface area contributed by atoms with E-state index in [9.17, 15) is 0 Å². The van der Waals surface area contributed by atoms with Crippen LogP contribution in [-0.4, -0.2) is 13.6 Å². The van der Waals surface area contributed by atoms with Gasteiger partial charge in [0.15, 0.2) is 0 Å². The Balaban J connectivity index is 3.15. The molecule has 0 amide bonds. The van der Waals surface area contributed by atoms with Gasteiger partial charge in [-0.15, -0.1) is 0 Å². The zero-order valence-electron chi connectivity index (χ0n) is 6.65. The summed E-state index contributed by atoms with van der Waals surface area (Å²) < 4.78 is 0. The highest BCUT2D eigenvalue weighted by Crippen LogP contribution is 1.99. The maximum Gasteiger partial charge on any atom is -0.00232 e. The van der Waals surface area contributed by atoms with Crippen molar-refractivity contribution in [1.82, 2.24) is 5.32 Å². The fourth-order valence-electron chi connectivity index (χ4n) is 0.800. The summed E-state index contributed by atoms with van der Waals surface area (Å²) >= 11 is 0. The lowest BCUT2D eigenvalue weighted by Gasteiger charge is -2.05. The summed E-state index contributed by atoms with van der Waals surface area (Å²) in [6.45, 7) is 5.42. The molecule has 0 radical (unpaired) electrons. The Labute approximate surface area is 58.2 Å². The normalized spacial score (nSPS) is 14.6. The summed E-state index contributed by atoms with van der Waals surface area (Å²) in [6, 6.07) is 0. The van der Waals surface area contributed by atoms with E-state index >= 15 is 0 Å². The first-order valence-electron chi connectivity index (χ1n) is 3.57. The Hall–Kier alpha value is -0.300. The minimum Gasteiger partial charge on any atom is -0.319 e. The highest BCUT2D eigenvalue weighted by Gasteiger charge is 1.94. The zero-order chi connectivity index (χ0) is 7.11. The van der Waals surface area contributed by atoms with Crippen molar-refractivity contribution in [3.05, 3.63) is 12.2 Å². The van der Waals surface area contributed by atoms with Gasteiger partial charge in [-0.2, -0.15) is 0 Å². The molecule has 0 aromatic rings. The van der Waals surface area contributed by atoms with Crippen LogP contribution in [0.3, 0.4) is 0 Å². The molecule has 0 spiro atoms. The van der Waals surface area contributed by atoms with Crippen LogP contribution in [-0.2, 0) is 0 Å². The third-order valence-corrected chi connectivity index (χ3v) is 1.33. The van der Waals surface area contributed by atoms with Crippen LogP contribution in [0, 0.1) is 5.92 Å². The lowest BCUT2D eigenvalue weighted by molar-refractivity contribution is 0.551. The van der Waals surface area contributed by atoms with Crippen LogP contribution < -0.4 is 5.32 Å². The van der Waals surface area contributed by atoms with Gasteiger partial charge < -0.3 is 5.32 Å². The van der Waals surface area contributed by atoms with Crippen LogP contribution in [0.2, 0.25) is 0 Å². The van der Waals surface area contributed by atoms with Crippen molar-refractivity contribution >= 4 is 0 Å². The summed E-state index contributed by atoms with van der Waals surface area (Å²) in [5, 5.41) is 3.14. The van der Waals surface area contributed by atoms with E-state index in [1.807, 2.05) is 7.05 Å². The number of nitrogens with one attached hydrogen (secondary N) is 1. The summed E-state index contributed by atoms with van der Waals surface area (Å²) in [6.07, 6.45) is 5.51. The lowest BCUT2D eigenvalue weighted by atomic mass is 10.1. The molecule has 1 atom stereocenters. The van der Waals surface area contributed by atoms with E-state index < -0.39 is 0 Å². The van der Waals surface area contributed by atoms with Gasteiger partial charge in [0.2, 0.25) is 0 Å². The van der Waals surface area contributed by atoms with E-state index in [2.05, 4.69) is 31.3 Å². The van der Waals surface area contributed by atoms with Gasteiger partial charge in [-0.25, -0.2) is 0 Å². The van der Waals surface area contributed by atoms with Crippen molar-refractivity contribution in [1.29, 1.82) is 0 Å². The van der Waals surface area contributed by atoms with Gasteiger partial charge in [-0.1, -0.05) is 19.1 Å². The van der Waals surface area contributed by atoms with Gasteiger partial charge in [-0.05, 0) is 32.9 Å². The predicted molar refractivity (Wildman–Crippen MR) is 42.5 cm³/mol. The second-order valence-corrected chi connectivity index (χ2v) is 2.47. The fraction of sp³-hybridized carbons (Fsp3) is 0.750. The molecule has 54 valence electrons. The van der Waals surface area contributed by atoms with Gasteiger partial charge in [0.05, 0.1) is 0 Å². The van der Waals surface area contributed by atoms with Gasteiger partial charge in [0.1, 0.15) is 0 Å². The number of allylic oxidation sites excluding steroid dienone is 2. The van der Waals surface area contributed by atoms with E-state index in [4.69, 9.17) is 0 Å². The average molecular weight is 127 g/mol. The minimum atomic E-state index is 0.770. The van der Waals surface area contributed by atoms with Crippen LogP contribution in [0.25, 0.3) is 0 Å². The van der Waals surface area contributed by atoms with Crippen LogP contribution in [0.4, 0.5) is 0 Å². The highest BCUT2D eigenvalue weighted by atomic mass is 14.8. The topological polar surface area (TPSA) is 12.0 Å². The van der Waals surface area contributed by atoms with E-state index in [1.165, 1.54) is 6.42 Å². The monoisotopic (exact) mass is 127 g/mol. The largest absolute Gasteiger partial charge is 0.319 e. The van der Waals surface area contributed by atoms with Crippen molar-refractivity contribution in [3.8, 4) is 0 Å². The van der Waals surface area contributed by atoms with Crippen molar-refractivity contribution in [2.24, 2.45) is 5.92 Å². The third-order valence-electron chi connectivity index (χ3n) is 1.33. The lowest BCUT2D eigenvalue weighted by Crippen LogP contribution is -2.15. The quantitative estimate of drug-likeness (QED) is 0.568.